The van der Waals surface area contributed by atoms with Crippen molar-refractivity contribution >= 4 is 41.0 Å². The normalized spacial score (nSPS) is 10.5. The number of carboxylic acids is 2. The molecule has 0 atom stereocenters. The third-order valence-electron chi connectivity index (χ3n) is 8.60. The summed E-state index contributed by atoms with van der Waals surface area (Å²) >= 11 is 0. The molecule has 0 aliphatic heterocycles. The number of carbonyl (C=O) groups excluding carboxylic acids is 1. The Balaban J connectivity index is -0.000000142. The Kier molecular flexibility index (Phi) is 55.9. The fourth-order valence-electron chi connectivity index (χ4n) is 5.66. The van der Waals surface area contributed by atoms with E-state index in [1.165, 1.54) is 173 Å². The summed E-state index contributed by atoms with van der Waals surface area (Å²) in [5.41, 5.74) is 0. The number of hydrogen-bond acceptors (Lipinski definition) is 4. The van der Waals surface area contributed by atoms with Crippen LogP contribution in [0.2, 0.25) is 0 Å². The van der Waals surface area contributed by atoms with Gasteiger partial charge in [0.15, 0.2) is 0 Å². The van der Waals surface area contributed by atoms with E-state index in [-0.39, 0.29) is 56.9 Å². The monoisotopic (exact) mass is 703 g/mol. The van der Waals surface area contributed by atoms with Crippen molar-refractivity contribution in [2.75, 3.05) is 6.61 Å². The van der Waals surface area contributed by atoms with Crippen LogP contribution >= 0.6 is 0 Å². The fraction of sp³-hybridized carbons (Fsp3) is 0.875. The number of aliphatic carboxylic acids is 2. The van der Waals surface area contributed by atoms with Crippen LogP contribution in [0, 0.1) is 0 Å². The Labute approximate surface area is 340 Å². The molecule has 0 fully saturated rings. The van der Waals surface area contributed by atoms with Crippen molar-refractivity contribution in [2.45, 2.75) is 219 Å². The number of esters is 1. The van der Waals surface area contributed by atoms with Gasteiger partial charge in [-0.15, -0.1) is 0 Å². The maximum atomic E-state index is 11.1. The third-order valence-corrected chi connectivity index (χ3v) is 8.60. The number of rotatable bonds is 35. The first-order chi connectivity index (χ1) is 22.4. The minimum atomic E-state index is -1.13. The molecule has 0 heterocycles. The van der Waals surface area contributed by atoms with Gasteiger partial charge in [-0.3, -0.25) is 4.79 Å². The summed E-state index contributed by atoms with van der Waals surface area (Å²) in [6.45, 7) is 4.91. The smallest absolute Gasteiger partial charge is 1.00 e. The van der Waals surface area contributed by atoms with Gasteiger partial charge in [0.05, 0.1) is 6.61 Å². The first kappa shape index (κ1) is 54.7. The zero-order valence-electron chi connectivity index (χ0n) is 35.2. The zero-order chi connectivity index (χ0) is 34.2. The molecule has 278 valence electrons. The quantitative estimate of drug-likeness (QED) is 0.0295. The van der Waals surface area contributed by atoms with E-state index in [2.05, 4.69) is 13.8 Å². The molecule has 0 aliphatic carbocycles. The number of carbonyl (C=O) groups is 3. The topological polar surface area (TPSA) is 101 Å². The predicted molar refractivity (Wildman–Crippen MR) is 204 cm³/mol. The molecule has 0 aromatic heterocycles. The van der Waals surface area contributed by atoms with E-state index in [4.69, 9.17) is 14.9 Å². The Bertz CT molecular complexity index is 705. The summed E-state index contributed by atoms with van der Waals surface area (Å²) in [4.78, 5) is 31.7. The Morgan fingerprint density at radius 2 is 0.729 bits per heavy atom. The van der Waals surface area contributed by atoms with Crippen molar-refractivity contribution in [3.63, 3.8) is 0 Å². The van der Waals surface area contributed by atoms with Gasteiger partial charge in [0.25, 0.3) is 0 Å². The van der Waals surface area contributed by atoms with Gasteiger partial charge in [-0.05, 0) is 12.8 Å². The van der Waals surface area contributed by atoms with E-state index >= 15 is 0 Å². The van der Waals surface area contributed by atoms with E-state index < -0.39 is 17.9 Å². The largest absolute Gasteiger partial charge is 2.00 e. The molecule has 0 rings (SSSR count). The van der Waals surface area contributed by atoms with Crippen molar-refractivity contribution in [3.8, 4) is 0 Å². The van der Waals surface area contributed by atoms with E-state index in [0.717, 1.165) is 37.8 Å². The Morgan fingerprint density at radius 3 is 1.00 bits per heavy atom. The van der Waals surface area contributed by atoms with Crippen molar-refractivity contribution in [1.29, 1.82) is 0 Å². The minimum absolute atomic E-state index is 0. The van der Waals surface area contributed by atoms with Gasteiger partial charge >= 0.3 is 70.5 Å². The summed E-state index contributed by atoms with van der Waals surface area (Å²) in [6, 6.07) is 0. The number of unbranched alkanes of at least 4 members (excludes halogenated alkanes) is 29. The Hall–Kier alpha value is -0.0838. The second kappa shape index (κ2) is 49.0. The molecule has 2 N–H and O–H groups in total. The van der Waals surface area contributed by atoms with E-state index in [1.54, 1.807) is 0 Å². The fourth-order valence-corrected chi connectivity index (χ4v) is 5.66. The predicted octanol–water partition coefficient (Wildman–Crippen LogP) is 9.73. The van der Waals surface area contributed by atoms with Crippen LogP contribution in [-0.4, -0.2) is 57.8 Å². The average molecular weight is 703 g/mol. The van der Waals surface area contributed by atoms with E-state index in [9.17, 15) is 14.4 Å². The number of hydrogen-bond donors (Lipinski definition) is 2. The molecule has 0 saturated carbocycles. The molecule has 48 heavy (non-hydrogen) atoms. The van der Waals surface area contributed by atoms with Crippen LogP contribution in [0.25, 0.3) is 0 Å². The molecule has 0 radical (unpaired) electrons. The zero-order valence-corrected chi connectivity index (χ0v) is 35.6. The van der Waals surface area contributed by atoms with Gasteiger partial charge in [-0.1, -0.05) is 200 Å². The number of carboxylic acid groups (broad SMARTS) is 2. The molecule has 0 saturated heterocycles. The molecule has 0 amide bonds. The molecule has 0 aromatic rings. The average Bonchev–Trinajstić information content (AvgIpc) is 3.03. The molecule has 0 bridgehead atoms. The van der Waals surface area contributed by atoms with Crippen molar-refractivity contribution in [3.05, 3.63) is 12.2 Å². The van der Waals surface area contributed by atoms with Gasteiger partial charge in [0.2, 0.25) is 0 Å². The summed E-state index contributed by atoms with van der Waals surface area (Å²) in [5.74, 6) is -2.36. The van der Waals surface area contributed by atoms with Crippen LogP contribution < -0.4 is 29.6 Å². The third kappa shape index (κ3) is 55.3. The van der Waals surface area contributed by atoms with Gasteiger partial charge in [0.1, 0.15) is 0 Å². The molecular formula is C40H79MgNaO6. The van der Waals surface area contributed by atoms with Crippen LogP contribution in [0.5, 0.6) is 0 Å². The molecule has 8 heteroatoms. The maximum absolute atomic E-state index is 11.1. The van der Waals surface area contributed by atoms with Crippen molar-refractivity contribution in [2.24, 2.45) is 0 Å². The molecule has 0 unspecified atom stereocenters. The second-order valence-corrected chi connectivity index (χ2v) is 13.2. The molecular weight excluding hydrogens is 624 g/mol. The number of ether oxygens (including phenoxy) is 1. The van der Waals surface area contributed by atoms with Crippen LogP contribution in [-0.2, 0) is 19.1 Å². The standard InChI is InChI=1S/C22H40O4.C18H36O2.Mg.Na.3H/c1-2-3-4-5-6-7-8-9-10-11-12-13-14-15-16-17-20-26-22(25)19-18-21(23)24;1-2-3-4-5-6-7-8-9-10-11-12-13-14-15-16-17-18(19)20;;;;;/h18-19H,2-17,20H2,1H3,(H,23,24);2-17H2,1H3,(H,19,20);;;;;/q;;+2;+1;3*-1/b19-18+;;;;;;. The maximum Gasteiger partial charge on any atom is 2.00 e. The van der Waals surface area contributed by atoms with E-state index in [0.29, 0.717) is 13.0 Å². The molecule has 0 aromatic carbocycles. The first-order valence-corrected chi connectivity index (χ1v) is 19.7. The van der Waals surface area contributed by atoms with Gasteiger partial charge in [-0.25, -0.2) is 9.59 Å². The summed E-state index contributed by atoms with van der Waals surface area (Å²) in [6.07, 6.45) is 42.9. The summed E-state index contributed by atoms with van der Waals surface area (Å²) in [7, 11) is 0. The minimum Gasteiger partial charge on any atom is -1.00 e. The van der Waals surface area contributed by atoms with Gasteiger partial charge in [0, 0.05) is 18.6 Å². The van der Waals surface area contributed by atoms with Gasteiger partial charge in [-0.2, -0.15) is 0 Å². The van der Waals surface area contributed by atoms with Crippen LogP contribution in [0.4, 0.5) is 0 Å². The summed E-state index contributed by atoms with van der Waals surface area (Å²) in [5, 5.41) is 16.9. The van der Waals surface area contributed by atoms with Crippen molar-refractivity contribution in [1.82, 2.24) is 0 Å². The van der Waals surface area contributed by atoms with Crippen LogP contribution in [0.1, 0.15) is 224 Å². The summed E-state index contributed by atoms with van der Waals surface area (Å²) < 4.78 is 4.92. The SMILES string of the molecule is CCCCCCCCCCCCCCCCCC(=O)O.CCCCCCCCCCCCCCCCCCOC(=O)/C=C/C(=O)O.[H-].[H-].[H-].[Mg+2].[Na+]. The first-order valence-electron chi connectivity index (χ1n) is 19.7. The van der Waals surface area contributed by atoms with Crippen LogP contribution in [0.15, 0.2) is 12.2 Å². The molecule has 0 aliphatic rings. The second-order valence-electron chi connectivity index (χ2n) is 13.2. The van der Waals surface area contributed by atoms with Gasteiger partial charge < -0.3 is 19.2 Å². The molecule has 6 nitrogen and oxygen atoms in total. The van der Waals surface area contributed by atoms with E-state index in [1.807, 2.05) is 0 Å². The van der Waals surface area contributed by atoms with Crippen molar-refractivity contribution < 1.29 is 63.2 Å². The molecule has 0 spiro atoms. The Morgan fingerprint density at radius 1 is 0.458 bits per heavy atom. The van der Waals surface area contributed by atoms with Crippen LogP contribution in [0.3, 0.4) is 0 Å².